The van der Waals surface area contributed by atoms with Crippen LogP contribution in [0.3, 0.4) is 0 Å². The Labute approximate surface area is 170 Å². The van der Waals surface area contributed by atoms with Gasteiger partial charge in [-0.25, -0.2) is 0 Å². The maximum Gasteiger partial charge on any atom is 0.182 e. The third kappa shape index (κ3) is 6.46. The zero-order valence-corrected chi connectivity index (χ0v) is 16.6. The minimum Gasteiger partial charge on any atom is -0.508 e. The van der Waals surface area contributed by atoms with E-state index in [9.17, 15) is 15.0 Å². The molecule has 2 N–H and O–H groups in total. The molecule has 0 aliphatic carbocycles. The van der Waals surface area contributed by atoms with Gasteiger partial charge in [0.1, 0.15) is 5.76 Å². The maximum atomic E-state index is 12.0. The highest BCUT2D eigenvalue weighted by Crippen LogP contribution is 2.29. The number of allylic oxidation sites excluding steroid dienone is 3. The second kappa shape index (κ2) is 10.6. The summed E-state index contributed by atoms with van der Waals surface area (Å²) < 4.78 is 15.8. The van der Waals surface area contributed by atoms with Gasteiger partial charge in [-0.15, -0.1) is 0 Å². The monoisotopic (exact) mass is 396 g/mol. The molecule has 152 valence electrons. The van der Waals surface area contributed by atoms with Crippen molar-refractivity contribution < 1.29 is 29.2 Å². The number of benzene rings is 2. The molecule has 0 aliphatic rings. The molecule has 29 heavy (non-hydrogen) atoms. The van der Waals surface area contributed by atoms with E-state index in [0.29, 0.717) is 29.4 Å². The molecule has 0 fully saturated rings. The summed E-state index contributed by atoms with van der Waals surface area (Å²) in [6.45, 7) is 2.42. The van der Waals surface area contributed by atoms with Crippen LogP contribution in [0.25, 0.3) is 12.2 Å². The van der Waals surface area contributed by atoms with E-state index in [4.69, 9.17) is 14.2 Å². The van der Waals surface area contributed by atoms with Gasteiger partial charge in [-0.3, -0.25) is 4.79 Å². The van der Waals surface area contributed by atoms with Crippen molar-refractivity contribution in [2.24, 2.45) is 0 Å². The smallest absolute Gasteiger partial charge is 0.182 e. The second-order valence-corrected chi connectivity index (χ2v) is 5.91. The van der Waals surface area contributed by atoms with Gasteiger partial charge in [0.15, 0.2) is 28.8 Å². The van der Waals surface area contributed by atoms with Gasteiger partial charge in [0, 0.05) is 6.08 Å². The fourth-order valence-electron chi connectivity index (χ4n) is 2.46. The van der Waals surface area contributed by atoms with Crippen LogP contribution < -0.4 is 14.2 Å². The summed E-state index contributed by atoms with van der Waals surface area (Å²) in [7, 11) is 3.00. The fraction of sp³-hybridized carbons (Fsp3) is 0.174. The quantitative estimate of drug-likeness (QED) is 0.368. The molecule has 6 heteroatoms. The van der Waals surface area contributed by atoms with E-state index in [1.165, 1.54) is 25.3 Å². The van der Waals surface area contributed by atoms with Crippen molar-refractivity contribution in [2.45, 2.75) is 6.92 Å². The number of phenolic OH excluding ortho intramolecular Hbond substituents is 1. The average molecular weight is 396 g/mol. The van der Waals surface area contributed by atoms with Crippen LogP contribution in [-0.4, -0.2) is 36.8 Å². The zero-order valence-electron chi connectivity index (χ0n) is 16.6. The van der Waals surface area contributed by atoms with Crippen molar-refractivity contribution in [1.29, 1.82) is 0 Å². The normalized spacial score (nSPS) is 11.8. The van der Waals surface area contributed by atoms with E-state index in [2.05, 4.69) is 0 Å². The number of ketones is 1. The Morgan fingerprint density at radius 3 is 2.21 bits per heavy atom. The molecule has 0 aliphatic heterocycles. The lowest BCUT2D eigenvalue weighted by Gasteiger charge is -2.09. The van der Waals surface area contributed by atoms with Crippen molar-refractivity contribution in [2.75, 3.05) is 20.8 Å². The molecule has 0 saturated heterocycles. The van der Waals surface area contributed by atoms with Gasteiger partial charge in [0.2, 0.25) is 0 Å². The van der Waals surface area contributed by atoms with Crippen LogP contribution in [0, 0.1) is 0 Å². The Balaban J connectivity index is 2.06. The van der Waals surface area contributed by atoms with Crippen LogP contribution in [0.2, 0.25) is 0 Å². The van der Waals surface area contributed by atoms with Gasteiger partial charge in [0.25, 0.3) is 0 Å². The number of aliphatic hydroxyl groups excluding tert-OH is 1. The third-order valence-corrected chi connectivity index (χ3v) is 3.87. The molecule has 2 aromatic rings. The highest BCUT2D eigenvalue weighted by Gasteiger charge is 2.04. The lowest BCUT2D eigenvalue weighted by Crippen LogP contribution is -1.95. The van der Waals surface area contributed by atoms with Crippen LogP contribution >= 0.6 is 0 Å². The molecule has 0 radical (unpaired) electrons. The summed E-state index contributed by atoms with van der Waals surface area (Å²) in [6, 6.07) is 10.1. The van der Waals surface area contributed by atoms with Crippen molar-refractivity contribution in [3.8, 4) is 23.0 Å². The number of aliphatic hydroxyl groups is 1. The fourth-order valence-corrected chi connectivity index (χ4v) is 2.46. The first kappa shape index (κ1) is 21.6. The summed E-state index contributed by atoms with van der Waals surface area (Å²) in [5, 5.41) is 19.6. The number of ether oxygens (including phenoxy) is 3. The van der Waals surface area contributed by atoms with E-state index in [0.717, 1.165) is 11.6 Å². The number of phenols is 1. The number of hydrogen-bond donors (Lipinski definition) is 2. The van der Waals surface area contributed by atoms with Crippen molar-refractivity contribution >= 4 is 17.9 Å². The minimum absolute atomic E-state index is 0.0181. The molecule has 0 unspecified atom stereocenters. The van der Waals surface area contributed by atoms with Gasteiger partial charge in [-0.2, -0.15) is 0 Å². The number of aromatic hydroxyl groups is 1. The van der Waals surface area contributed by atoms with Crippen LogP contribution in [0.15, 0.2) is 60.4 Å². The Hall–Kier alpha value is -3.67. The first-order valence-electron chi connectivity index (χ1n) is 8.95. The Kier molecular flexibility index (Phi) is 7.91. The summed E-state index contributed by atoms with van der Waals surface area (Å²) in [4.78, 5) is 12.0. The average Bonchev–Trinajstić information content (AvgIpc) is 2.72. The zero-order chi connectivity index (χ0) is 21.2. The lowest BCUT2D eigenvalue weighted by atomic mass is 10.1. The molecule has 0 spiro atoms. The van der Waals surface area contributed by atoms with E-state index >= 15 is 0 Å². The van der Waals surface area contributed by atoms with Gasteiger partial charge in [0.05, 0.1) is 20.8 Å². The van der Waals surface area contributed by atoms with Gasteiger partial charge >= 0.3 is 0 Å². The van der Waals surface area contributed by atoms with Crippen molar-refractivity contribution in [3.05, 3.63) is 71.5 Å². The molecule has 0 bridgehead atoms. The molecule has 0 heterocycles. The molecular formula is C23H24O6. The Morgan fingerprint density at radius 2 is 1.55 bits per heavy atom. The van der Waals surface area contributed by atoms with Crippen molar-refractivity contribution in [1.82, 2.24) is 0 Å². The van der Waals surface area contributed by atoms with E-state index in [-0.39, 0.29) is 17.3 Å². The first-order valence-corrected chi connectivity index (χ1v) is 8.95. The Bertz CT molecular complexity index is 940. The molecular weight excluding hydrogens is 372 g/mol. The molecule has 6 nitrogen and oxygen atoms in total. The number of methoxy groups -OCH3 is 2. The van der Waals surface area contributed by atoms with Gasteiger partial charge in [-0.05, 0) is 54.5 Å². The Morgan fingerprint density at radius 1 is 0.931 bits per heavy atom. The van der Waals surface area contributed by atoms with Crippen LogP contribution in [-0.2, 0) is 4.79 Å². The number of carbonyl (C=O) groups excluding carboxylic acids is 1. The summed E-state index contributed by atoms with van der Waals surface area (Å²) >= 11 is 0. The molecule has 0 aromatic heterocycles. The number of hydrogen-bond acceptors (Lipinski definition) is 6. The van der Waals surface area contributed by atoms with Crippen molar-refractivity contribution in [3.63, 3.8) is 0 Å². The summed E-state index contributed by atoms with van der Waals surface area (Å²) in [6.07, 6.45) is 7.07. The second-order valence-electron chi connectivity index (χ2n) is 5.91. The number of rotatable bonds is 9. The molecule has 2 aromatic carbocycles. The SMILES string of the molecule is CCOc1ccc(/C=C/C(O)=C/C(=O)/C=C/c2ccc(O)c(OC)c2)cc1OC. The largest absolute Gasteiger partial charge is 0.508 e. The molecule has 0 saturated carbocycles. The number of carbonyl (C=O) groups is 1. The lowest BCUT2D eigenvalue weighted by molar-refractivity contribution is -0.110. The van der Waals surface area contributed by atoms with E-state index < -0.39 is 0 Å². The molecule has 0 atom stereocenters. The topological polar surface area (TPSA) is 85.2 Å². The predicted octanol–water partition coefficient (Wildman–Crippen LogP) is 4.55. The summed E-state index contributed by atoms with van der Waals surface area (Å²) in [5.41, 5.74) is 1.46. The first-order chi connectivity index (χ1) is 14.0. The third-order valence-electron chi connectivity index (χ3n) is 3.87. The maximum absolute atomic E-state index is 12.0. The standard InChI is InChI=1S/C23H24O6/c1-4-29-21-12-8-17(14-23(21)28-3)6-10-19(25)15-18(24)9-5-16-7-11-20(26)22(13-16)27-2/h5-15,25-26H,4H2,1-3H3/b9-5+,10-6+,19-15-. The highest BCUT2D eigenvalue weighted by molar-refractivity contribution is 6.02. The van der Waals surface area contributed by atoms with E-state index in [1.54, 1.807) is 43.5 Å². The van der Waals surface area contributed by atoms with Gasteiger partial charge < -0.3 is 24.4 Å². The van der Waals surface area contributed by atoms with E-state index in [1.807, 2.05) is 13.0 Å². The molecule has 2 rings (SSSR count). The summed E-state index contributed by atoms with van der Waals surface area (Å²) in [5.74, 6) is 0.981. The highest BCUT2D eigenvalue weighted by atomic mass is 16.5. The molecule has 0 amide bonds. The van der Waals surface area contributed by atoms with Crippen LogP contribution in [0.1, 0.15) is 18.1 Å². The van der Waals surface area contributed by atoms with Crippen LogP contribution in [0.4, 0.5) is 0 Å². The van der Waals surface area contributed by atoms with Crippen LogP contribution in [0.5, 0.6) is 23.0 Å². The van der Waals surface area contributed by atoms with Gasteiger partial charge in [-0.1, -0.05) is 24.3 Å². The predicted molar refractivity (Wildman–Crippen MR) is 113 cm³/mol. The minimum atomic E-state index is -0.386.